The standard InChI is InChI=1S/C16H19N5/c1-2-10-21-11-9-19-16(21)15(20-17)13-5-3-7-14-12(13)6-4-8-18-14/h3-9,11,15,20H,2,10,17H2,1H3. The van der Waals surface area contributed by atoms with Crippen LogP contribution in [0.4, 0.5) is 0 Å². The van der Waals surface area contributed by atoms with Gasteiger partial charge in [0.1, 0.15) is 11.9 Å². The maximum absolute atomic E-state index is 5.83. The predicted octanol–water partition coefficient (Wildman–Crippen LogP) is 2.39. The Morgan fingerprint density at radius 2 is 2.10 bits per heavy atom. The summed E-state index contributed by atoms with van der Waals surface area (Å²) in [6.45, 7) is 3.08. The molecular formula is C16H19N5. The molecule has 0 spiro atoms. The van der Waals surface area contributed by atoms with Crippen LogP contribution in [-0.2, 0) is 6.54 Å². The molecule has 0 radical (unpaired) electrons. The van der Waals surface area contributed by atoms with Gasteiger partial charge in [-0.25, -0.2) is 10.4 Å². The van der Waals surface area contributed by atoms with Crippen LogP contribution >= 0.6 is 0 Å². The SMILES string of the molecule is CCCn1ccnc1C(NN)c1cccc2ncccc12. The number of nitrogens with two attached hydrogens (primary N) is 1. The molecule has 0 aliphatic carbocycles. The zero-order valence-corrected chi connectivity index (χ0v) is 12.0. The molecule has 1 aromatic carbocycles. The third kappa shape index (κ3) is 2.53. The van der Waals surface area contributed by atoms with Gasteiger partial charge in [0.25, 0.3) is 0 Å². The van der Waals surface area contributed by atoms with Crippen LogP contribution in [0.15, 0.2) is 48.9 Å². The number of rotatable bonds is 5. The zero-order valence-electron chi connectivity index (χ0n) is 12.0. The van der Waals surface area contributed by atoms with E-state index in [1.54, 1.807) is 6.20 Å². The Hall–Kier alpha value is -2.24. The molecule has 0 amide bonds. The molecule has 0 aliphatic heterocycles. The summed E-state index contributed by atoms with van der Waals surface area (Å²) in [4.78, 5) is 8.89. The van der Waals surface area contributed by atoms with Gasteiger partial charge in [0.15, 0.2) is 0 Å². The van der Waals surface area contributed by atoms with Crippen molar-refractivity contribution >= 4 is 10.9 Å². The molecule has 3 rings (SSSR count). The summed E-state index contributed by atoms with van der Waals surface area (Å²) >= 11 is 0. The second-order valence-corrected chi connectivity index (χ2v) is 5.00. The van der Waals surface area contributed by atoms with Crippen LogP contribution < -0.4 is 11.3 Å². The lowest BCUT2D eigenvalue weighted by Gasteiger charge is -2.19. The minimum absolute atomic E-state index is 0.153. The van der Waals surface area contributed by atoms with E-state index in [2.05, 4.69) is 39.0 Å². The summed E-state index contributed by atoms with van der Waals surface area (Å²) < 4.78 is 2.14. The average molecular weight is 281 g/mol. The van der Waals surface area contributed by atoms with Gasteiger partial charge >= 0.3 is 0 Å². The van der Waals surface area contributed by atoms with Crippen molar-refractivity contribution in [2.24, 2.45) is 5.84 Å². The number of hydrogen-bond donors (Lipinski definition) is 2. The van der Waals surface area contributed by atoms with Crippen LogP contribution in [0.2, 0.25) is 0 Å². The minimum Gasteiger partial charge on any atom is -0.333 e. The van der Waals surface area contributed by atoms with Gasteiger partial charge in [-0.05, 0) is 24.1 Å². The topological polar surface area (TPSA) is 68.8 Å². The van der Waals surface area contributed by atoms with E-state index in [-0.39, 0.29) is 6.04 Å². The number of nitrogens with one attached hydrogen (secondary N) is 1. The van der Waals surface area contributed by atoms with Crippen molar-refractivity contribution in [2.75, 3.05) is 0 Å². The Labute approximate surface area is 123 Å². The van der Waals surface area contributed by atoms with Gasteiger partial charge in [-0.15, -0.1) is 0 Å². The maximum Gasteiger partial charge on any atom is 0.131 e. The quantitative estimate of drug-likeness (QED) is 0.556. The van der Waals surface area contributed by atoms with E-state index in [1.807, 2.05) is 30.6 Å². The molecule has 0 saturated carbocycles. The summed E-state index contributed by atoms with van der Waals surface area (Å²) in [6.07, 6.45) is 6.66. The zero-order chi connectivity index (χ0) is 14.7. The molecule has 0 fully saturated rings. The largest absolute Gasteiger partial charge is 0.333 e. The molecule has 1 atom stereocenters. The van der Waals surface area contributed by atoms with Crippen molar-refractivity contribution in [1.29, 1.82) is 0 Å². The number of hydrogen-bond acceptors (Lipinski definition) is 4. The molecular weight excluding hydrogens is 262 g/mol. The van der Waals surface area contributed by atoms with Crippen molar-refractivity contribution in [1.82, 2.24) is 20.0 Å². The Morgan fingerprint density at radius 3 is 2.90 bits per heavy atom. The molecule has 5 nitrogen and oxygen atoms in total. The Morgan fingerprint density at radius 1 is 1.19 bits per heavy atom. The Bertz CT molecular complexity index is 729. The highest BCUT2D eigenvalue weighted by molar-refractivity contribution is 5.82. The lowest BCUT2D eigenvalue weighted by molar-refractivity contribution is 0.547. The first kappa shape index (κ1) is 13.7. The first-order valence-electron chi connectivity index (χ1n) is 7.16. The summed E-state index contributed by atoms with van der Waals surface area (Å²) in [7, 11) is 0. The lowest BCUT2D eigenvalue weighted by Crippen LogP contribution is -2.31. The molecule has 21 heavy (non-hydrogen) atoms. The molecule has 5 heteroatoms. The summed E-state index contributed by atoms with van der Waals surface area (Å²) in [6, 6.07) is 9.93. The van der Waals surface area contributed by atoms with Crippen LogP contribution in [0.5, 0.6) is 0 Å². The molecule has 0 bridgehead atoms. The Balaban J connectivity index is 2.12. The maximum atomic E-state index is 5.83. The van der Waals surface area contributed by atoms with Gasteiger partial charge in [0, 0.05) is 30.5 Å². The van der Waals surface area contributed by atoms with E-state index in [4.69, 9.17) is 5.84 Å². The lowest BCUT2D eigenvalue weighted by atomic mass is 10.0. The van der Waals surface area contributed by atoms with Crippen molar-refractivity contribution in [2.45, 2.75) is 25.9 Å². The Kier molecular flexibility index (Phi) is 3.94. The van der Waals surface area contributed by atoms with Gasteiger partial charge in [-0.1, -0.05) is 25.1 Å². The fourth-order valence-corrected chi connectivity index (χ4v) is 2.69. The highest BCUT2D eigenvalue weighted by Gasteiger charge is 2.19. The number of imidazole rings is 1. The van der Waals surface area contributed by atoms with Crippen LogP contribution in [0, 0.1) is 0 Å². The van der Waals surface area contributed by atoms with E-state index >= 15 is 0 Å². The van der Waals surface area contributed by atoms with Gasteiger partial charge in [0.05, 0.1) is 5.52 Å². The fourth-order valence-electron chi connectivity index (χ4n) is 2.69. The molecule has 1 unspecified atom stereocenters. The van der Waals surface area contributed by atoms with E-state index in [9.17, 15) is 0 Å². The molecule has 3 aromatic rings. The normalized spacial score (nSPS) is 12.7. The molecule has 0 saturated heterocycles. The third-order valence-corrected chi connectivity index (χ3v) is 3.63. The molecule has 0 aliphatic rings. The number of aryl methyl sites for hydroxylation is 1. The second-order valence-electron chi connectivity index (χ2n) is 5.00. The number of nitrogens with zero attached hydrogens (tertiary/aromatic N) is 3. The van der Waals surface area contributed by atoms with Crippen LogP contribution in [0.1, 0.15) is 30.8 Å². The van der Waals surface area contributed by atoms with Crippen LogP contribution in [-0.4, -0.2) is 14.5 Å². The number of fused-ring (bicyclic) bond motifs is 1. The average Bonchev–Trinajstić information content (AvgIpc) is 2.97. The smallest absolute Gasteiger partial charge is 0.131 e. The van der Waals surface area contributed by atoms with Crippen LogP contribution in [0.25, 0.3) is 10.9 Å². The van der Waals surface area contributed by atoms with Crippen molar-refractivity contribution in [3.05, 3.63) is 60.3 Å². The van der Waals surface area contributed by atoms with E-state index < -0.39 is 0 Å². The van der Waals surface area contributed by atoms with Gasteiger partial charge in [-0.2, -0.15) is 0 Å². The highest BCUT2D eigenvalue weighted by Crippen LogP contribution is 2.26. The summed E-state index contributed by atoms with van der Waals surface area (Å²) in [5, 5.41) is 1.09. The molecule has 108 valence electrons. The van der Waals surface area contributed by atoms with Gasteiger partial charge in [-0.3, -0.25) is 10.8 Å². The molecule has 2 aromatic heterocycles. The first-order chi connectivity index (χ1) is 10.3. The summed E-state index contributed by atoms with van der Waals surface area (Å²) in [5.41, 5.74) is 4.95. The van der Waals surface area contributed by atoms with Gasteiger partial charge < -0.3 is 4.57 Å². The first-order valence-corrected chi connectivity index (χ1v) is 7.16. The molecule has 2 heterocycles. The van der Waals surface area contributed by atoms with Crippen molar-refractivity contribution < 1.29 is 0 Å². The van der Waals surface area contributed by atoms with E-state index in [0.29, 0.717) is 0 Å². The predicted molar refractivity (Wildman–Crippen MR) is 83.4 cm³/mol. The summed E-state index contributed by atoms with van der Waals surface area (Å²) in [5.74, 6) is 6.75. The second kappa shape index (κ2) is 6.03. The molecule has 3 N–H and O–H groups in total. The number of benzene rings is 1. The van der Waals surface area contributed by atoms with Crippen LogP contribution in [0.3, 0.4) is 0 Å². The van der Waals surface area contributed by atoms with E-state index in [0.717, 1.165) is 35.3 Å². The number of hydrazine groups is 1. The fraction of sp³-hybridized carbons (Fsp3) is 0.250. The number of pyridine rings is 1. The number of aromatic nitrogens is 3. The van der Waals surface area contributed by atoms with E-state index in [1.165, 1.54) is 0 Å². The van der Waals surface area contributed by atoms with Crippen molar-refractivity contribution in [3.63, 3.8) is 0 Å². The minimum atomic E-state index is -0.153. The third-order valence-electron chi connectivity index (χ3n) is 3.63. The monoisotopic (exact) mass is 281 g/mol. The van der Waals surface area contributed by atoms with Gasteiger partial charge in [0.2, 0.25) is 0 Å². The highest BCUT2D eigenvalue weighted by atomic mass is 15.3. The van der Waals surface area contributed by atoms with Crippen molar-refractivity contribution in [3.8, 4) is 0 Å².